The Labute approximate surface area is 220 Å². The van der Waals surface area contributed by atoms with Crippen molar-refractivity contribution in [1.29, 1.82) is 0 Å². The molecule has 0 spiro atoms. The number of likely N-dealkylation sites (tertiary alicyclic amines) is 1. The van der Waals surface area contributed by atoms with Gasteiger partial charge in [-0.05, 0) is 64.2 Å². The number of amides is 2. The van der Waals surface area contributed by atoms with Crippen LogP contribution in [-0.2, 0) is 26.9 Å². The molecule has 1 aromatic carbocycles. The second-order valence-electron chi connectivity index (χ2n) is 11.3. The zero-order valence-electron chi connectivity index (χ0n) is 21.7. The molecule has 0 saturated carbocycles. The van der Waals surface area contributed by atoms with Crippen molar-refractivity contribution in [1.82, 2.24) is 14.7 Å². The highest BCUT2D eigenvalue weighted by atomic mass is 35.5. The first-order valence-electron chi connectivity index (χ1n) is 12.3. The summed E-state index contributed by atoms with van der Waals surface area (Å²) in [4.78, 5) is 28.3. The molecule has 8 nitrogen and oxygen atoms in total. The van der Waals surface area contributed by atoms with Gasteiger partial charge in [0.25, 0.3) is 5.91 Å². The molecule has 0 unspecified atom stereocenters. The molecule has 1 fully saturated rings. The molecule has 1 aliphatic carbocycles. The van der Waals surface area contributed by atoms with Crippen LogP contribution in [0.15, 0.2) is 24.4 Å². The molecule has 4 rings (SSSR count). The molecule has 1 N–H and O–H groups in total. The third-order valence-corrected chi connectivity index (χ3v) is 7.22. The maximum atomic E-state index is 14.0. The Morgan fingerprint density at radius 3 is 2.46 bits per heavy atom. The topological polar surface area (TPSA) is 85.7 Å². The highest BCUT2D eigenvalue weighted by Crippen LogP contribution is 2.43. The Kier molecular flexibility index (Phi) is 7.18. The van der Waals surface area contributed by atoms with E-state index >= 15 is 0 Å². The summed E-state index contributed by atoms with van der Waals surface area (Å²) in [6, 6.07) is 4.15. The van der Waals surface area contributed by atoms with Crippen LogP contribution in [0.4, 0.5) is 19.3 Å². The van der Waals surface area contributed by atoms with Gasteiger partial charge in [0.2, 0.25) is 0 Å². The Bertz CT molecular complexity index is 1180. The summed E-state index contributed by atoms with van der Waals surface area (Å²) >= 11 is 5.98. The Morgan fingerprint density at radius 2 is 1.84 bits per heavy atom. The van der Waals surface area contributed by atoms with Gasteiger partial charge in [0.1, 0.15) is 11.1 Å². The Hall–Kier alpha value is -2.88. The summed E-state index contributed by atoms with van der Waals surface area (Å²) in [6.07, 6.45) is 3.66. The number of alkyl halides is 2. The predicted octanol–water partition coefficient (Wildman–Crippen LogP) is 5.73. The average Bonchev–Trinajstić information content (AvgIpc) is 3.35. The predicted molar refractivity (Wildman–Crippen MR) is 135 cm³/mol. The first-order valence-corrected chi connectivity index (χ1v) is 12.7. The number of carbonyl (C=O) groups is 2. The number of aromatic nitrogens is 2. The number of anilines is 1. The van der Waals surface area contributed by atoms with Gasteiger partial charge in [-0.25, -0.2) is 4.79 Å². The molecule has 2 aliphatic rings. The fraction of sp³-hybridized carbons (Fsp3) is 0.577. The number of halogens is 3. The minimum Gasteiger partial charge on any atom is -0.444 e. The summed E-state index contributed by atoms with van der Waals surface area (Å²) in [7, 11) is 0. The van der Waals surface area contributed by atoms with Crippen molar-refractivity contribution in [3.8, 4) is 5.75 Å². The number of rotatable bonds is 5. The number of benzene rings is 1. The third-order valence-electron chi connectivity index (χ3n) is 6.98. The first kappa shape index (κ1) is 27.2. The standard InChI is InChI=1S/C26H33ClF2N4O4/c1-24(2,3)37-23(35)32-12-10-26(11-13-32,33-20-16(15-30-33)8-9-25(20,4)5)21(34)31-18-7-6-17(27)14-19(18)36-22(28)29/h6-7,14-15,22H,8-13H2,1-5H3,(H,31,34). The fourth-order valence-corrected chi connectivity index (χ4v) is 5.29. The molecule has 2 amide bonds. The van der Waals surface area contributed by atoms with E-state index in [-0.39, 0.29) is 47.8 Å². The Balaban J connectivity index is 1.69. The highest BCUT2D eigenvalue weighted by molar-refractivity contribution is 6.30. The SMILES string of the molecule is CC(C)(C)OC(=O)N1CCC(C(=O)Nc2ccc(Cl)cc2OC(F)F)(n2ncc3c2C(C)(C)CC3)CC1. The van der Waals surface area contributed by atoms with E-state index in [2.05, 4.69) is 29.0 Å². The van der Waals surface area contributed by atoms with Gasteiger partial charge in [0.15, 0.2) is 5.75 Å². The first-order chi connectivity index (χ1) is 17.2. The molecule has 0 bridgehead atoms. The van der Waals surface area contributed by atoms with E-state index in [9.17, 15) is 18.4 Å². The number of ether oxygens (including phenoxy) is 2. The van der Waals surface area contributed by atoms with Gasteiger partial charge in [-0.1, -0.05) is 25.4 Å². The normalized spacial score (nSPS) is 18.5. The number of fused-ring (bicyclic) bond motifs is 1. The number of carbonyl (C=O) groups excluding carboxylic acids is 2. The van der Waals surface area contributed by atoms with Crippen LogP contribution in [0.3, 0.4) is 0 Å². The Morgan fingerprint density at radius 1 is 1.16 bits per heavy atom. The van der Waals surface area contributed by atoms with Crippen molar-refractivity contribution >= 4 is 29.3 Å². The van der Waals surface area contributed by atoms with Gasteiger partial charge in [0, 0.05) is 35.3 Å². The second-order valence-corrected chi connectivity index (χ2v) is 11.7. The highest BCUT2D eigenvalue weighted by Gasteiger charge is 2.49. The third kappa shape index (κ3) is 5.54. The van der Waals surface area contributed by atoms with E-state index < -0.39 is 29.8 Å². The van der Waals surface area contributed by atoms with Crippen LogP contribution in [0.1, 0.15) is 65.1 Å². The minimum atomic E-state index is -3.09. The minimum absolute atomic E-state index is 0.0757. The quantitative estimate of drug-likeness (QED) is 0.525. The van der Waals surface area contributed by atoms with Crippen molar-refractivity contribution < 1.29 is 27.8 Å². The van der Waals surface area contributed by atoms with Gasteiger partial charge < -0.3 is 19.7 Å². The average molecular weight is 539 g/mol. The van der Waals surface area contributed by atoms with Crippen LogP contribution in [0, 0.1) is 0 Å². The summed E-state index contributed by atoms with van der Waals surface area (Å²) in [5.41, 5.74) is 0.132. The molecule has 1 aliphatic heterocycles. The summed E-state index contributed by atoms with van der Waals surface area (Å²) < 4.78 is 38.0. The smallest absolute Gasteiger partial charge is 0.410 e. The van der Waals surface area contributed by atoms with Crippen LogP contribution in [0.2, 0.25) is 5.02 Å². The molecular weight excluding hydrogens is 506 g/mol. The number of nitrogens with zero attached hydrogens (tertiary/aromatic N) is 3. The van der Waals surface area contributed by atoms with Gasteiger partial charge in [-0.3, -0.25) is 9.48 Å². The largest absolute Gasteiger partial charge is 0.444 e. The number of piperidine rings is 1. The zero-order chi connectivity index (χ0) is 27.2. The number of aryl methyl sites for hydroxylation is 1. The molecule has 1 aromatic heterocycles. The monoisotopic (exact) mass is 538 g/mol. The van der Waals surface area contributed by atoms with Crippen LogP contribution in [-0.4, -0.2) is 52.0 Å². The molecule has 0 atom stereocenters. The molecule has 202 valence electrons. The molecule has 2 aromatic rings. The van der Waals surface area contributed by atoms with Crippen molar-refractivity contribution in [3.63, 3.8) is 0 Å². The van der Waals surface area contributed by atoms with Gasteiger partial charge in [-0.2, -0.15) is 13.9 Å². The summed E-state index contributed by atoms with van der Waals surface area (Å²) in [5, 5.41) is 7.64. The van der Waals surface area contributed by atoms with E-state index in [0.717, 1.165) is 24.1 Å². The lowest BCUT2D eigenvalue weighted by Crippen LogP contribution is -2.56. The van der Waals surface area contributed by atoms with E-state index in [1.807, 2.05) is 0 Å². The number of nitrogens with one attached hydrogen (secondary N) is 1. The number of hydrogen-bond donors (Lipinski definition) is 1. The van der Waals surface area contributed by atoms with E-state index in [0.29, 0.717) is 0 Å². The maximum Gasteiger partial charge on any atom is 0.410 e. The second kappa shape index (κ2) is 9.78. The van der Waals surface area contributed by atoms with Crippen molar-refractivity contribution in [2.75, 3.05) is 18.4 Å². The van der Waals surface area contributed by atoms with Crippen LogP contribution >= 0.6 is 11.6 Å². The molecule has 1 saturated heterocycles. The van der Waals surface area contributed by atoms with Gasteiger partial charge in [-0.15, -0.1) is 0 Å². The van der Waals surface area contributed by atoms with E-state index in [1.165, 1.54) is 18.2 Å². The molecular formula is C26H33ClF2N4O4. The maximum absolute atomic E-state index is 14.0. The zero-order valence-corrected chi connectivity index (χ0v) is 22.5. The molecule has 2 heterocycles. The lowest BCUT2D eigenvalue weighted by Gasteiger charge is -2.42. The summed E-state index contributed by atoms with van der Waals surface area (Å²) in [5.74, 6) is -0.658. The molecule has 0 radical (unpaired) electrons. The number of hydrogen-bond acceptors (Lipinski definition) is 5. The van der Waals surface area contributed by atoms with Gasteiger partial charge in [0.05, 0.1) is 11.9 Å². The van der Waals surface area contributed by atoms with Crippen LogP contribution < -0.4 is 10.1 Å². The lowest BCUT2D eigenvalue weighted by atomic mass is 9.83. The fourth-order valence-electron chi connectivity index (χ4n) is 5.13. The van der Waals surface area contributed by atoms with Gasteiger partial charge >= 0.3 is 12.7 Å². The van der Waals surface area contributed by atoms with Crippen LogP contribution in [0.5, 0.6) is 5.75 Å². The van der Waals surface area contributed by atoms with Crippen LogP contribution in [0.25, 0.3) is 0 Å². The summed E-state index contributed by atoms with van der Waals surface area (Å²) in [6.45, 7) is 7.07. The lowest BCUT2D eigenvalue weighted by molar-refractivity contribution is -0.128. The van der Waals surface area contributed by atoms with Crippen molar-refractivity contribution in [2.24, 2.45) is 0 Å². The van der Waals surface area contributed by atoms with E-state index in [4.69, 9.17) is 16.3 Å². The molecule has 37 heavy (non-hydrogen) atoms. The van der Waals surface area contributed by atoms with Crippen molar-refractivity contribution in [2.45, 2.75) is 83.5 Å². The molecule has 11 heteroatoms. The van der Waals surface area contributed by atoms with E-state index in [1.54, 1.807) is 36.5 Å². The van der Waals surface area contributed by atoms with Crippen molar-refractivity contribution in [3.05, 3.63) is 40.7 Å².